The van der Waals surface area contributed by atoms with Crippen LogP contribution < -0.4 is 15.0 Å². The summed E-state index contributed by atoms with van der Waals surface area (Å²) in [6.07, 6.45) is 1.43. The van der Waals surface area contributed by atoms with Gasteiger partial charge in [0, 0.05) is 5.02 Å². The Morgan fingerprint density at radius 3 is 2.53 bits per heavy atom. The highest BCUT2D eigenvalue weighted by atomic mass is 79.9. The molecule has 0 aliphatic carbocycles. The van der Waals surface area contributed by atoms with Gasteiger partial charge in [-0.1, -0.05) is 53.6 Å². The van der Waals surface area contributed by atoms with Crippen LogP contribution in [-0.4, -0.2) is 17.8 Å². The Labute approximate surface area is 210 Å². The van der Waals surface area contributed by atoms with Crippen LogP contribution in [0.15, 0.2) is 70.7 Å². The molecule has 0 saturated carbocycles. The molecule has 172 valence electrons. The molecule has 4 rings (SSSR count). The monoisotopic (exact) mass is 538 g/mol. The van der Waals surface area contributed by atoms with E-state index in [2.05, 4.69) is 21.2 Å². The van der Waals surface area contributed by atoms with Gasteiger partial charge in [-0.05, 0) is 76.8 Å². The molecule has 0 bridgehead atoms. The third-order valence-corrected chi connectivity index (χ3v) is 6.29. The van der Waals surface area contributed by atoms with Crippen LogP contribution >= 0.6 is 27.5 Å². The average molecular weight is 540 g/mol. The topological polar surface area (TPSA) is 75.7 Å². The zero-order valence-corrected chi connectivity index (χ0v) is 20.7. The van der Waals surface area contributed by atoms with Gasteiger partial charge in [0.25, 0.3) is 11.8 Å². The maximum Gasteiger partial charge on any atom is 0.335 e. The van der Waals surface area contributed by atoms with Gasteiger partial charge >= 0.3 is 6.03 Å². The van der Waals surface area contributed by atoms with Crippen molar-refractivity contribution in [2.75, 3.05) is 4.90 Å². The molecule has 0 aromatic heterocycles. The largest absolute Gasteiger partial charge is 0.488 e. The van der Waals surface area contributed by atoms with E-state index in [-0.39, 0.29) is 11.3 Å². The van der Waals surface area contributed by atoms with Gasteiger partial charge in [-0.25, -0.2) is 9.69 Å². The van der Waals surface area contributed by atoms with Crippen molar-refractivity contribution in [3.63, 3.8) is 0 Å². The van der Waals surface area contributed by atoms with Gasteiger partial charge in [-0.2, -0.15) is 0 Å². The lowest BCUT2D eigenvalue weighted by Crippen LogP contribution is -2.54. The molecule has 1 heterocycles. The lowest BCUT2D eigenvalue weighted by Gasteiger charge is -2.26. The van der Waals surface area contributed by atoms with E-state index in [4.69, 9.17) is 16.3 Å². The number of barbiturate groups is 1. The number of nitrogens with zero attached hydrogens (tertiary/aromatic N) is 1. The van der Waals surface area contributed by atoms with E-state index >= 15 is 0 Å². The maximum atomic E-state index is 13.1. The summed E-state index contributed by atoms with van der Waals surface area (Å²) >= 11 is 9.64. The van der Waals surface area contributed by atoms with Crippen molar-refractivity contribution in [3.05, 3.63) is 98.0 Å². The molecule has 8 heteroatoms. The Morgan fingerprint density at radius 1 is 1.03 bits per heavy atom. The quantitative estimate of drug-likeness (QED) is 0.320. The second-order valence-electron chi connectivity index (χ2n) is 7.86. The molecule has 0 radical (unpaired) electrons. The van der Waals surface area contributed by atoms with Gasteiger partial charge in [0.05, 0.1) is 10.2 Å². The standard InChI is InChI=1S/C26H20BrClN2O4/c1-15-4-3-5-18(10-15)14-34-23-9-7-17(12-21(23)27)11-20-24(31)29-26(33)30(25(20)32)19-8-6-16(2)22(28)13-19/h3-13H,14H2,1-2H3,(H,29,31,33)/b20-11-. The van der Waals surface area contributed by atoms with Crippen LogP contribution in [0, 0.1) is 13.8 Å². The predicted molar refractivity (Wildman–Crippen MR) is 135 cm³/mol. The summed E-state index contributed by atoms with van der Waals surface area (Å²) in [5, 5.41) is 2.62. The molecule has 3 aromatic rings. The number of amides is 4. The van der Waals surface area contributed by atoms with E-state index in [0.29, 0.717) is 27.4 Å². The van der Waals surface area contributed by atoms with Crippen molar-refractivity contribution in [2.45, 2.75) is 20.5 Å². The summed E-state index contributed by atoms with van der Waals surface area (Å²) in [6, 6.07) is 17.2. The van der Waals surface area contributed by atoms with Crippen LogP contribution in [0.5, 0.6) is 5.75 Å². The van der Waals surface area contributed by atoms with E-state index in [9.17, 15) is 14.4 Å². The van der Waals surface area contributed by atoms with Crippen LogP contribution in [0.2, 0.25) is 5.02 Å². The van der Waals surface area contributed by atoms with Gasteiger partial charge in [-0.15, -0.1) is 0 Å². The fourth-order valence-corrected chi connectivity index (χ4v) is 4.15. The number of nitrogens with one attached hydrogen (secondary N) is 1. The molecule has 6 nitrogen and oxygen atoms in total. The van der Waals surface area contributed by atoms with Crippen LogP contribution in [-0.2, 0) is 16.2 Å². The molecule has 1 aliphatic heterocycles. The Kier molecular flexibility index (Phi) is 6.86. The van der Waals surface area contributed by atoms with Crippen molar-refractivity contribution < 1.29 is 19.1 Å². The number of benzene rings is 3. The fourth-order valence-electron chi connectivity index (χ4n) is 3.47. The molecule has 0 spiro atoms. The Balaban J connectivity index is 1.57. The van der Waals surface area contributed by atoms with E-state index in [1.165, 1.54) is 12.1 Å². The average Bonchev–Trinajstić information content (AvgIpc) is 2.78. The summed E-state index contributed by atoms with van der Waals surface area (Å²) in [5.41, 5.74) is 3.69. The SMILES string of the molecule is Cc1cccc(COc2ccc(/C=C3/C(=O)NC(=O)N(c4ccc(C)c(Cl)c4)C3=O)cc2Br)c1. The number of ether oxygens (including phenoxy) is 1. The zero-order valence-electron chi connectivity index (χ0n) is 18.4. The third-order valence-electron chi connectivity index (χ3n) is 5.26. The van der Waals surface area contributed by atoms with Crippen LogP contribution in [0.4, 0.5) is 10.5 Å². The van der Waals surface area contributed by atoms with Crippen molar-refractivity contribution >= 4 is 57.1 Å². The molecule has 4 amide bonds. The van der Waals surface area contributed by atoms with Crippen LogP contribution in [0.25, 0.3) is 6.08 Å². The molecular weight excluding hydrogens is 520 g/mol. The van der Waals surface area contributed by atoms with Crippen LogP contribution in [0.1, 0.15) is 22.3 Å². The van der Waals surface area contributed by atoms with E-state index < -0.39 is 17.8 Å². The molecule has 1 saturated heterocycles. The molecule has 0 unspecified atom stereocenters. The van der Waals surface area contributed by atoms with Crippen molar-refractivity contribution in [1.82, 2.24) is 5.32 Å². The molecule has 1 fully saturated rings. The summed E-state index contributed by atoms with van der Waals surface area (Å²) in [7, 11) is 0. The first-order chi connectivity index (χ1) is 16.2. The van der Waals surface area contributed by atoms with E-state index in [0.717, 1.165) is 21.6 Å². The van der Waals surface area contributed by atoms with Crippen molar-refractivity contribution in [2.24, 2.45) is 0 Å². The smallest absolute Gasteiger partial charge is 0.335 e. The fraction of sp³-hybridized carbons (Fsp3) is 0.115. The minimum atomic E-state index is -0.826. The molecular formula is C26H20BrClN2O4. The second kappa shape index (κ2) is 9.83. The number of hydrogen-bond acceptors (Lipinski definition) is 4. The summed E-state index contributed by atoms with van der Waals surface area (Å²) in [5.74, 6) is -0.876. The highest BCUT2D eigenvalue weighted by Crippen LogP contribution is 2.30. The normalized spacial score (nSPS) is 15.0. The highest BCUT2D eigenvalue weighted by molar-refractivity contribution is 9.10. The van der Waals surface area contributed by atoms with Gasteiger partial charge in [-0.3, -0.25) is 14.9 Å². The number of halogens is 2. The first kappa shape index (κ1) is 23.7. The number of carbonyl (C=O) groups is 3. The van der Waals surface area contributed by atoms with Crippen LogP contribution in [0.3, 0.4) is 0 Å². The van der Waals surface area contributed by atoms with Gasteiger partial charge in [0.15, 0.2) is 0 Å². The second-order valence-corrected chi connectivity index (χ2v) is 9.12. The molecule has 3 aromatic carbocycles. The minimum Gasteiger partial charge on any atom is -0.488 e. The van der Waals surface area contributed by atoms with Crippen molar-refractivity contribution in [3.8, 4) is 5.75 Å². The van der Waals surface area contributed by atoms with Gasteiger partial charge < -0.3 is 4.74 Å². The van der Waals surface area contributed by atoms with E-state index in [1.54, 1.807) is 30.3 Å². The third kappa shape index (κ3) is 5.05. The Bertz CT molecular complexity index is 1350. The number of carbonyl (C=O) groups excluding carboxylic acids is 3. The molecule has 0 atom stereocenters. The van der Waals surface area contributed by atoms with Gasteiger partial charge in [0.1, 0.15) is 17.9 Å². The zero-order chi connectivity index (χ0) is 24.4. The van der Waals surface area contributed by atoms with E-state index in [1.807, 2.05) is 38.1 Å². The highest BCUT2D eigenvalue weighted by Gasteiger charge is 2.37. The Morgan fingerprint density at radius 2 is 1.82 bits per heavy atom. The molecule has 34 heavy (non-hydrogen) atoms. The number of anilines is 1. The predicted octanol–water partition coefficient (Wildman–Crippen LogP) is 5.96. The number of rotatable bonds is 5. The Hall–Kier alpha value is -3.42. The lowest BCUT2D eigenvalue weighted by atomic mass is 10.1. The summed E-state index contributed by atoms with van der Waals surface area (Å²) in [6.45, 7) is 4.23. The first-order valence-electron chi connectivity index (χ1n) is 10.4. The number of imide groups is 2. The maximum absolute atomic E-state index is 13.1. The summed E-state index contributed by atoms with van der Waals surface area (Å²) < 4.78 is 6.56. The lowest BCUT2D eigenvalue weighted by molar-refractivity contribution is -0.122. The van der Waals surface area contributed by atoms with Gasteiger partial charge in [0.2, 0.25) is 0 Å². The minimum absolute atomic E-state index is 0.170. The summed E-state index contributed by atoms with van der Waals surface area (Å²) in [4.78, 5) is 38.8. The number of aryl methyl sites for hydroxylation is 2. The molecule has 1 aliphatic rings. The molecule has 1 N–H and O–H groups in total. The number of hydrogen-bond donors (Lipinski definition) is 1. The number of urea groups is 1. The first-order valence-corrected chi connectivity index (χ1v) is 11.6. The van der Waals surface area contributed by atoms with Crippen molar-refractivity contribution in [1.29, 1.82) is 0 Å².